The van der Waals surface area contributed by atoms with Crippen LogP contribution in [0.3, 0.4) is 0 Å². The van der Waals surface area contributed by atoms with Gasteiger partial charge in [-0.3, -0.25) is 0 Å². The topological polar surface area (TPSA) is 73.1 Å². The fourth-order valence-electron chi connectivity index (χ4n) is 1.79. The monoisotopic (exact) mass is 278 g/mol. The van der Waals surface area contributed by atoms with E-state index in [4.69, 9.17) is 22.1 Å². The van der Waals surface area contributed by atoms with Gasteiger partial charge >= 0.3 is 0 Å². The van der Waals surface area contributed by atoms with Crippen molar-refractivity contribution in [2.75, 3.05) is 18.2 Å². The number of ether oxygens (including phenoxy) is 1. The van der Waals surface area contributed by atoms with Crippen LogP contribution in [0.2, 0.25) is 5.02 Å². The van der Waals surface area contributed by atoms with Crippen molar-refractivity contribution in [2.24, 2.45) is 0 Å². The lowest BCUT2D eigenvalue weighted by molar-refractivity contribution is 0.417. The first-order valence-corrected chi connectivity index (χ1v) is 6.23. The van der Waals surface area contributed by atoms with Crippen LogP contribution < -0.4 is 15.8 Å². The number of halogens is 1. The highest BCUT2D eigenvalue weighted by Crippen LogP contribution is 2.31. The summed E-state index contributed by atoms with van der Waals surface area (Å²) < 4.78 is 5.28. The van der Waals surface area contributed by atoms with E-state index in [1.54, 1.807) is 25.3 Å². The van der Waals surface area contributed by atoms with E-state index < -0.39 is 0 Å². The minimum Gasteiger partial charge on any atom is -0.495 e. The summed E-state index contributed by atoms with van der Waals surface area (Å²) in [5.74, 6) is 1.82. The Bertz CT molecular complexity index is 589. The number of rotatable bonds is 4. The summed E-state index contributed by atoms with van der Waals surface area (Å²) in [6, 6.07) is 5.33. The SMILES string of the molecule is CCc1c(N)ncnc1Nc1cc(Cl)ccc1OC. The van der Waals surface area contributed by atoms with E-state index in [1.807, 2.05) is 6.92 Å². The molecule has 0 unspecified atom stereocenters. The summed E-state index contributed by atoms with van der Waals surface area (Å²) in [4.78, 5) is 8.19. The Morgan fingerprint density at radius 3 is 2.84 bits per heavy atom. The standard InChI is InChI=1S/C13H15ClN4O/c1-3-9-12(15)16-7-17-13(9)18-10-6-8(14)4-5-11(10)19-2/h4-7H,3H2,1-2H3,(H3,15,16,17,18). The van der Waals surface area contributed by atoms with Crippen molar-refractivity contribution in [3.05, 3.63) is 35.1 Å². The Hall–Kier alpha value is -2.01. The smallest absolute Gasteiger partial charge is 0.142 e. The maximum Gasteiger partial charge on any atom is 0.142 e. The fourth-order valence-corrected chi connectivity index (χ4v) is 1.96. The third kappa shape index (κ3) is 2.88. The molecule has 0 spiro atoms. The number of methoxy groups -OCH3 is 1. The molecule has 19 heavy (non-hydrogen) atoms. The Kier molecular flexibility index (Phi) is 4.06. The van der Waals surface area contributed by atoms with Crippen LogP contribution >= 0.6 is 11.6 Å². The Balaban J connectivity index is 2.41. The first kappa shape index (κ1) is 13.4. The molecule has 3 N–H and O–H groups in total. The van der Waals surface area contributed by atoms with Gasteiger partial charge in [0.15, 0.2) is 0 Å². The molecule has 0 aliphatic rings. The number of nitrogen functional groups attached to an aromatic ring is 1. The van der Waals surface area contributed by atoms with Crippen LogP contribution in [0.15, 0.2) is 24.5 Å². The van der Waals surface area contributed by atoms with E-state index in [1.165, 1.54) is 6.33 Å². The molecule has 0 aliphatic carbocycles. The van der Waals surface area contributed by atoms with Gasteiger partial charge in [0, 0.05) is 10.6 Å². The van der Waals surface area contributed by atoms with Crippen LogP contribution in [-0.2, 0) is 6.42 Å². The Morgan fingerprint density at radius 1 is 1.37 bits per heavy atom. The molecule has 1 aromatic heterocycles. The maximum atomic E-state index is 5.99. The molecule has 2 aromatic rings. The summed E-state index contributed by atoms with van der Waals surface area (Å²) in [7, 11) is 1.60. The highest BCUT2D eigenvalue weighted by atomic mass is 35.5. The van der Waals surface area contributed by atoms with Gasteiger partial charge in [-0.25, -0.2) is 9.97 Å². The van der Waals surface area contributed by atoms with Gasteiger partial charge in [0.1, 0.15) is 23.7 Å². The van der Waals surface area contributed by atoms with Crippen molar-refractivity contribution in [3.8, 4) is 5.75 Å². The fraction of sp³-hybridized carbons (Fsp3) is 0.231. The molecule has 0 aliphatic heterocycles. The molecule has 2 rings (SSSR count). The van der Waals surface area contributed by atoms with E-state index in [-0.39, 0.29) is 0 Å². The molecule has 5 nitrogen and oxygen atoms in total. The molecule has 0 saturated carbocycles. The van der Waals surface area contributed by atoms with Crippen molar-refractivity contribution in [2.45, 2.75) is 13.3 Å². The van der Waals surface area contributed by atoms with E-state index in [0.29, 0.717) is 22.4 Å². The number of aromatic nitrogens is 2. The lowest BCUT2D eigenvalue weighted by Gasteiger charge is -2.14. The van der Waals surface area contributed by atoms with E-state index in [2.05, 4.69) is 15.3 Å². The minimum atomic E-state index is 0.473. The summed E-state index contributed by atoms with van der Waals surface area (Å²) in [6.45, 7) is 2.00. The third-order valence-electron chi connectivity index (χ3n) is 2.75. The van der Waals surface area contributed by atoms with E-state index in [0.717, 1.165) is 17.7 Å². The van der Waals surface area contributed by atoms with Crippen molar-refractivity contribution >= 4 is 28.9 Å². The molecule has 0 saturated heterocycles. The van der Waals surface area contributed by atoms with Gasteiger partial charge < -0.3 is 15.8 Å². The molecule has 0 fully saturated rings. The zero-order chi connectivity index (χ0) is 13.8. The van der Waals surface area contributed by atoms with Crippen LogP contribution in [0.1, 0.15) is 12.5 Å². The number of hydrogen-bond donors (Lipinski definition) is 2. The quantitative estimate of drug-likeness (QED) is 0.899. The lowest BCUT2D eigenvalue weighted by atomic mass is 10.2. The van der Waals surface area contributed by atoms with Gasteiger partial charge in [0.05, 0.1) is 12.8 Å². The summed E-state index contributed by atoms with van der Waals surface area (Å²) in [6.07, 6.45) is 2.16. The first-order chi connectivity index (χ1) is 9.15. The maximum absolute atomic E-state index is 5.99. The molecule has 0 amide bonds. The molecular weight excluding hydrogens is 264 g/mol. The van der Waals surface area contributed by atoms with Crippen LogP contribution in [0.25, 0.3) is 0 Å². The molecule has 1 heterocycles. The molecule has 100 valence electrons. The first-order valence-electron chi connectivity index (χ1n) is 5.85. The molecule has 0 atom stereocenters. The minimum absolute atomic E-state index is 0.473. The number of hydrogen-bond acceptors (Lipinski definition) is 5. The summed E-state index contributed by atoms with van der Waals surface area (Å²) >= 11 is 5.99. The summed E-state index contributed by atoms with van der Waals surface area (Å²) in [5, 5.41) is 3.80. The third-order valence-corrected chi connectivity index (χ3v) is 2.98. The van der Waals surface area contributed by atoms with Crippen LogP contribution in [-0.4, -0.2) is 17.1 Å². The van der Waals surface area contributed by atoms with Crippen LogP contribution in [0, 0.1) is 0 Å². The van der Waals surface area contributed by atoms with Gasteiger partial charge in [-0.2, -0.15) is 0 Å². The van der Waals surface area contributed by atoms with E-state index in [9.17, 15) is 0 Å². The average Bonchev–Trinajstić information content (AvgIpc) is 2.39. The zero-order valence-corrected chi connectivity index (χ0v) is 11.5. The largest absolute Gasteiger partial charge is 0.495 e. The molecule has 0 radical (unpaired) electrons. The number of nitrogens with one attached hydrogen (secondary N) is 1. The number of anilines is 3. The molecule has 1 aromatic carbocycles. The van der Waals surface area contributed by atoms with Gasteiger partial charge in [-0.05, 0) is 24.6 Å². The van der Waals surface area contributed by atoms with Crippen LogP contribution in [0.5, 0.6) is 5.75 Å². The van der Waals surface area contributed by atoms with Crippen molar-refractivity contribution in [1.29, 1.82) is 0 Å². The number of nitrogens with two attached hydrogens (primary N) is 1. The highest BCUT2D eigenvalue weighted by Gasteiger charge is 2.10. The highest BCUT2D eigenvalue weighted by molar-refractivity contribution is 6.31. The van der Waals surface area contributed by atoms with Crippen molar-refractivity contribution in [3.63, 3.8) is 0 Å². The predicted octanol–water partition coefficient (Wildman–Crippen LogP) is 3.03. The second-order valence-electron chi connectivity index (χ2n) is 3.91. The predicted molar refractivity (Wildman–Crippen MR) is 77.1 cm³/mol. The average molecular weight is 279 g/mol. The van der Waals surface area contributed by atoms with Gasteiger partial charge in [-0.1, -0.05) is 18.5 Å². The second kappa shape index (κ2) is 5.75. The lowest BCUT2D eigenvalue weighted by Crippen LogP contribution is -2.05. The normalized spacial score (nSPS) is 10.3. The van der Waals surface area contributed by atoms with Gasteiger partial charge in [0.2, 0.25) is 0 Å². The van der Waals surface area contributed by atoms with Gasteiger partial charge in [-0.15, -0.1) is 0 Å². The molecule has 6 heteroatoms. The van der Waals surface area contributed by atoms with Crippen molar-refractivity contribution < 1.29 is 4.74 Å². The zero-order valence-electron chi connectivity index (χ0n) is 10.8. The molecular formula is C13H15ClN4O. The van der Waals surface area contributed by atoms with Gasteiger partial charge in [0.25, 0.3) is 0 Å². The molecule has 0 bridgehead atoms. The Labute approximate surface area is 116 Å². The Morgan fingerprint density at radius 2 is 2.16 bits per heavy atom. The number of benzene rings is 1. The number of nitrogens with zero attached hydrogens (tertiary/aromatic N) is 2. The van der Waals surface area contributed by atoms with Crippen molar-refractivity contribution in [1.82, 2.24) is 9.97 Å². The summed E-state index contributed by atoms with van der Waals surface area (Å²) in [5.41, 5.74) is 7.44. The van der Waals surface area contributed by atoms with Crippen LogP contribution in [0.4, 0.5) is 17.3 Å². The van der Waals surface area contributed by atoms with E-state index >= 15 is 0 Å². The second-order valence-corrected chi connectivity index (χ2v) is 4.35.